The standard InChI is InChI=1S/C41H34O4/c42-41(45-30-33-16-8-3-9-17-33)39-19-11-10-18-38(39)40(34-20-24-36(25-21-34)43-28-31-12-4-1-5-13-31)35-22-26-37(27-23-35)44-29-32-14-6-2-7-15-32/h1-27,40H,28-30H2. The van der Waals surface area contributed by atoms with E-state index in [0.717, 1.165) is 44.9 Å². The van der Waals surface area contributed by atoms with Gasteiger partial charge < -0.3 is 14.2 Å². The Morgan fingerprint density at radius 3 is 1.31 bits per heavy atom. The van der Waals surface area contributed by atoms with Crippen LogP contribution in [0.15, 0.2) is 164 Å². The zero-order chi connectivity index (χ0) is 30.7. The van der Waals surface area contributed by atoms with Crippen molar-refractivity contribution >= 4 is 5.97 Å². The molecular weight excluding hydrogens is 556 g/mol. The molecule has 0 fully saturated rings. The fraction of sp³-hybridized carbons (Fsp3) is 0.0976. The predicted octanol–water partition coefficient (Wildman–Crippen LogP) is 9.38. The summed E-state index contributed by atoms with van der Waals surface area (Å²) in [5.41, 5.74) is 6.62. The lowest BCUT2D eigenvalue weighted by Gasteiger charge is -2.22. The molecule has 0 unspecified atom stereocenters. The molecule has 0 saturated heterocycles. The summed E-state index contributed by atoms with van der Waals surface area (Å²) < 4.78 is 17.9. The highest BCUT2D eigenvalue weighted by atomic mass is 16.5. The number of benzene rings is 6. The van der Waals surface area contributed by atoms with Crippen molar-refractivity contribution in [2.24, 2.45) is 0 Å². The van der Waals surface area contributed by atoms with Gasteiger partial charge in [0.2, 0.25) is 0 Å². The molecule has 0 heterocycles. The van der Waals surface area contributed by atoms with Gasteiger partial charge in [-0.2, -0.15) is 0 Å². The molecule has 4 nitrogen and oxygen atoms in total. The molecule has 0 bridgehead atoms. The molecule has 45 heavy (non-hydrogen) atoms. The maximum Gasteiger partial charge on any atom is 0.338 e. The second-order valence-electron chi connectivity index (χ2n) is 10.8. The van der Waals surface area contributed by atoms with Gasteiger partial charge in [0.05, 0.1) is 5.56 Å². The van der Waals surface area contributed by atoms with Crippen LogP contribution in [0.2, 0.25) is 0 Å². The minimum atomic E-state index is -0.356. The third-order valence-electron chi connectivity index (χ3n) is 7.63. The Balaban J connectivity index is 1.27. The number of carbonyl (C=O) groups excluding carboxylic acids is 1. The average molecular weight is 591 g/mol. The predicted molar refractivity (Wildman–Crippen MR) is 177 cm³/mol. The molecule has 0 amide bonds. The third-order valence-corrected chi connectivity index (χ3v) is 7.63. The van der Waals surface area contributed by atoms with Crippen molar-refractivity contribution in [3.63, 3.8) is 0 Å². The van der Waals surface area contributed by atoms with E-state index in [9.17, 15) is 4.79 Å². The molecular formula is C41H34O4. The molecule has 6 rings (SSSR count). The molecule has 4 heteroatoms. The maximum atomic E-state index is 13.5. The number of hydrogen-bond donors (Lipinski definition) is 0. The summed E-state index contributed by atoms with van der Waals surface area (Å²) in [5, 5.41) is 0. The van der Waals surface area contributed by atoms with E-state index in [1.165, 1.54) is 0 Å². The van der Waals surface area contributed by atoms with Crippen LogP contribution in [0, 0.1) is 0 Å². The van der Waals surface area contributed by atoms with E-state index >= 15 is 0 Å². The summed E-state index contributed by atoms with van der Waals surface area (Å²) in [7, 11) is 0. The van der Waals surface area contributed by atoms with E-state index in [0.29, 0.717) is 18.8 Å². The molecule has 0 aromatic heterocycles. The molecule has 0 aliphatic heterocycles. The van der Waals surface area contributed by atoms with Gasteiger partial charge >= 0.3 is 5.97 Å². The van der Waals surface area contributed by atoms with Crippen LogP contribution in [0.5, 0.6) is 11.5 Å². The molecule has 0 spiro atoms. The monoisotopic (exact) mass is 590 g/mol. The molecule has 222 valence electrons. The SMILES string of the molecule is O=C(OCc1ccccc1)c1ccccc1C(c1ccc(OCc2ccccc2)cc1)c1ccc(OCc2ccccc2)cc1. The van der Waals surface area contributed by atoms with E-state index in [1.54, 1.807) is 0 Å². The number of esters is 1. The van der Waals surface area contributed by atoms with Crippen molar-refractivity contribution in [2.75, 3.05) is 0 Å². The van der Waals surface area contributed by atoms with E-state index in [1.807, 2.05) is 140 Å². The molecule has 0 atom stereocenters. The van der Waals surface area contributed by atoms with Crippen LogP contribution in [0.4, 0.5) is 0 Å². The number of hydrogen-bond acceptors (Lipinski definition) is 4. The molecule has 0 aliphatic carbocycles. The van der Waals surface area contributed by atoms with Gasteiger partial charge in [-0.15, -0.1) is 0 Å². The lowest BCUT2D eigenvalue weighted by molar-refractivity contribution is 0.0471. The van der Waals surface area contributed by atoms with Gasteiger partial charge in [-0.1, -0.05) is 133 Å². The topological polar surface area (TPSA) is 44.8 Å². The summed E-state index contributed by atoms with van der Waals surface area (Å²) in [5.74, 6) is 0.977. The van der Waals surface area contributed by atoms with E-state index in [-0.39, 0.29) is 18.5 Å². The van der Waals surface area contributed by atoms with Gasteiger partial charge in [0.15, 0.2) is 0 Å². The lowest BCUT2D eigenvalue weighted by Crippen LogP contribution is -2.13. The van der Waals surface area contributed by atoms with Crippen LogP contribution in [-0.2, 0) is 24.6 Å². The second kappa shape index (κ2) is 14.7. The summed E-state index contributed by atoms with van der Waals surface area (Å²) in [4.78, 5) is 13.5. The van der Waals surface area contributed by atoms with Crippen molar-refractivity contribution in [1.82, 2.24) is 0 Å². The summed E-state index contributed by atoms with van der Waals surface area (Å²) in [6.07, 6.45) is 0. The summed E-state index contributed by atoms with van der Waals surface area (Å²) >= 11 is 0. The van der Waals surface area contributed by atoms with E-state index < -0.39 is 0 Å². The fourth-order valence-electron chi connectivity index (χ4n) is 5.28. The number of rotatable bonds is 12. The Kier molecular flexibility index (Phi) is 9.63. The minimum Gasteiger partial charge on any atom is -0.489 e. The van der Waals surface area contributed by atoms with Crippen LogP contribution < -0.4 is 9.47 Å². The van der Waals surface area contributed by atoms with Crippen LogP contribution >= 0.6 is 0 Å². The Morgan fingerprint density at radius 1 is 0.444 bits per heavy atom. The first kappa shape index (κ1) is 29.5. The lowest BCUT2D eigenvalue weighted by atomic mass is 9.83. The summed E-state index contributed by atoms with van der Waals surface area (Å²) in [6.45, 7) is 1.19. The first-order chi connectivity index (χ1) is 22.2. The summed E-state index contributed by atoms with van der Waals surface area (Å²) in [6, 6.07) is 53.8. The Morgan fingerprint density at radius 2 is 0.844 bits per heavy atom. The second-order valence-corrected chi connectivity index (χ2v) is 10.8. The first-order valence-corrected chi connectivity index (χ1v) is 15.1. The van der Waals surface area contributed by atoms with Gasteiger partial charge in [-0.05, 0) is 63.7 Å². The quantitative estimate of drug-likeness (QED) is 0.105. The Bertz CT molecular complexity index is 1700. The van der Waals surface area contributed by atoms with Gasteiger partial charge in [0.1, 0.15) is 31.3 Å². The van der Waals surface area contributed by atoms with Gasteiger partial charge in [-0.3, -0.25) is 0 Å². The highest BCUT2D eigenvalue weighted by molar-refractivity contribution is 5.91. The zero-order valence-electron chi connectivity index (χ0n) is 24.9. The normalized spacial score (nSPS) is 10.8. The van der Waals surface area contributed by atoms with Crippen LogP contribution in [-0.4, -0.2) is 5.97 Å². The van der Waals surface area contributed by atoms with Crippen LogP contribution in [0.1, 0.15) is 49.7 Å². The first-order valence-electron chi connectivity index (χ1n) is 15.1. The van der Waals surface area contributed by atoms with Gasteiger partial charge in [-0.25, -0.2) is 4.79 Å². The Hall–Kier alpha value is -5.61. The molecule has 6 aromatic rings. The Labute approximate surface area is 264 Å². The third kappa shape index (κ3) is 7.87. The van der Waals surface area contributed by atoms with E-state index in [4.69, 9.17) is 14.2 Å². The average Bonchev–Trinajstić information content (AvgIpc) is 3.11. The fourth-order valence-corrected chi connectivity index (χ4v) is 5.28. The zero-order valence-corrected chi connectivity index (χ0v) is 24.9. The highest BCUT2D eigenvalue weighted by Crippen LogP contribution is 2.36. The van der Waals surface area contributed by atoms with Crippen molar-refractivity contribution in [3.8, 4) is 11.5 Å². The highest BCUT2D eigenvalue weighted by Gasteiger charge is 2.24. The number of carbonyl (C=O) groups is 1. The largest absolute Gasteiger partial charge is 0.489 e. The van der Waals surface area contributed by atoms with Crippen molar-refractivity contribution in [3.05, 3.63) is 203 Å². The molecule has 0 saturated carbocycles. The van der Waals surface area contributed by atoms with Gasteiger partial charge in [0, 0.05) is 5.92 Å². The van der Waals surface area contributed by atoms with Crippen molar-refractivity contribution in [2.45, 2.75) is 25.7 Å². The van der Waals surface area contributed by atoms with Crippen LogP contribution in [0.3, 0.4) is 0 Å². The molecule has 0 aliphatic rings. The molecule has 0 N–H and O–H groups in total. The molecule has 6 aromatic carbocycles. The van der Waals surface area contributed by atoms with Gasteiger partial charge in [0.25, 0.3) is 0 Å². The van der Waals surface area contributed by atoms with Crippen LogP contribution in [0.25, 0.3) is 0 Å². The molecule has 0 radical (unpaired) electrons. The minimum absolute atomic E-state index is 0.208. The van der Waals surface area contributed by atoms with E-state index in [2.05, 4.69) is 24.3 Å². The van der Waals surface area contributed by atoms with Crippen molar-refractivity contribution < 1.29 is 19.0 Å². The number of ether oxygens (including phenoxy) is 3. The maximum absolute atomic E-state index is 13.5. The van der Waals surface area contributed by atoms with Crippen molar-refractivity contribution in [1.29, 1.82) is 0 Å². The smallest absolute Gasteiger partial charge is 0.338 e.